The van der Waals surface area contributed by atoms with Gasteiger partial charge in [0.15, 0.2) is 11.5 Å². The van der Waals surface area contributed by atoms with Crippen molar-refractivity contribution in [3.63, 3.8) is 0 Å². The Hall–Kier alpha value is -3.88. The number of benzene rings is 2. The number of aromatic nitrogens is 4. The summed E-state index contributed by atoms with van der Waals surface area (Å²) in [6, 6.07) is 15.8. The van der Waals surface area contributed by atoms with E-state index in [1.165, 1.54) is 18.5 Å². The van der Waals surface area contributed by atoms with Crippen molar-refractivity contribution in [2.24, 2.45) is 5.10 Å². The molecule has 28 heavy (non-hydrogen) atoms. The van der Waals surface area contributed by atoms with Gasteiger partial charge in [-0.3, -0.25) is 5.43 Å². The zero-order chi connectivity index (χ0) is 19.3. The van der Waals surface area contributed by atoms with Crippen LogP contribution < -0.4 is 10.2 Å². The van der Waals surface area contributed by atoms with E-state index in [0.717, 1.165) is 5.69 Å². The molecule has 4 rings (SSSR count). The molecule has 0 atom stereocenters. The zero-order valence-electron chi connectivity index (χ0n) is 14.4. The number of alkyl halides is 2. The fourth-order valence-corrected chi connectivity index (χ4v) is 2.59. The van der Waals surface area contributed by atoms with E-state index in [-0.39, 0.29) is 5.75 Å². The van der Waals surface area contributed by atoms with Crippen molar-refractivity contribution in [3.05, 3.63) is 72.7 Å². The van der Waals surface area contributed by atoms with E-state index in [2.05, 4.69) is 30.3 Å². The molecule has 0 aliphatic rings. The lowest BCUT2D eigenvalue weighted by molar-refractivity contribution is -0.0498. The maximum Gasteiger partial charge on any atom is 0.387 e. The third-order valence-corrected chi connectivity index (χ3v) is 3.86. The molecule has 0 saturated heterocycles. The summed E-state index contributed by atoms with van der Waals surface area (Å²) < 4.78 is 30.4. The number of nitrogens with one attached hydrogen (secondary N) is 1. The Morgan fingerprint density at radius 2 is 1.82 bits per heavy atom. The van der Waals surface area contributed by atoms with Crippen molar-refractivity contribution in [1.29, 1.82) is 0 Å². The second kappa shape index (κ2) is 7.78. The van der Waals surface area contributed by atoms with Gasteiger partial charge < -0.3 is 4.74 Å². The van der Waals surface area contributed by atoms with E-state index in [1.54, 1.807) is 29.2 Å². The number of hydrazone groups is 1. The Bertz CT molecular complexity index is 1100. The minimum atomic E-state index is -2.85. The van der Waals surface area contributed by atoms with E-state index < -0.39 is 6.61 Å². The molecule has 1 N–H and O–H groups in total. The van der Waals surface area contributed by atoms with Crippen molar-refractivity contribution in [2.45, 2.75) is 6.61 Å². The third-order valence-electron chi connectivity index (χ3n) is 3.86. The van der Waals surface area contributed by atoms with Crippen LogP contribution in [0.15, 0.2) is 72.2 Å². The van der Waals surface area contributed by atoms with E-state index in [9.17, 15) is 8.78 Å². The van der Waals surface area contributed by atoms with Crippen LogP contribution in [0.5, 0.6) is 5.75 Å². The van der Waals surface area contributed by atoms with Crippen molar-refractivity contribution < 1.29 is 13.5 Å². The van der Waals surface area contributed by atoms with Crippen molar-refractivity contribution in [3.8, 4) is 11.4 Å². The average Bonchev–Trinajstić information content (AvgIpc) is 3.15. The molecule has 0 amide bonds. The first kappa shape index (κ1) is 17.5. The zero-order valence-corrected chi connectivity index (χ0v) is 14.4. The Balaban J connectivity index is 1.52. The van der Waals surface area contributed by atoms with Gasteiger partial charge in [-0.25, -0.2) is 14.6 Å². The molecule has 0 bridgehead atoms. The van der Waals surface area contributed by atoms with Gasteiger partial charge in [-0.05, 0) is 42.0 Å². The maximum atomic E-state index is 12.2. The average molecular weight is 380 g/mol. The molecule has 4 aromatic rings. The molecule has 2 aromatic heterocycles. The van der Waals surface area contributed by atoms with Crippen LogP contribution in [0, 0.1) is 0 Å². The monoisotopic (exact) mass is 380 g/mol. The molecule has 0 aliphatic carbocycles. The second-order valence-corrected chi connectivity index (χ2v) is 5.67. The summed E-state index contributed by atoms with van der Waals surface area (Å²) in [5.41, 5.74) is 5.10. The number of rotatable bonds is 6. The smallest absolute Gasteiger partial charge is 0.387 e. The van der Waals surface area contributed by atoms with Gasteiger partial charge in [-0.1, -0.05) is 18.2 Å². The van der Waals surface area contributed by atoms with Crippen molar-refractivity contribution in [2.75, 3.05) is 5.43 Å². The predicted molar refractivity (Wildman–Crippen MR) is 101 cm³/mol. The van der Waals surface area contributed by atoms with E-state index in [1.807, 2.05) is 30.3 Å². The predicted octanol–water partition coefficient (Wildman–Crippen LogP) is 3.86. The fourth-order valence-electron chi connectivity index (χ4n) is 2.59. The summed E-state index contributed by atoms with van der Waals surface area (Å²) in [5, 5.41) is 9.23. The molecular formula is C19H14F2N6O. The maximum absolute atomic E-state index is 12.2. The summed E-state index contributed by atoms with van der Waals surface area (Å²) in [6.45, 7) is -2.85. The molecule has 2 aromatic carbocycles. The van der Waals surface area contributed by atoms with E-state index >= 15 is 0 Å². The Morgan fingerprint density at radius 3 is 2.57 bits per heavy atom. The van der Waals surface area contributed by atoms with Crippen LogP contribution in [-0.2, 0) is 0 Å². The summed E-state index contributed by atoms with van der Waals surface area (Å²) >= 11 is 0. The molecule has 0 saturated carbocycles. The van der Waals surface area contributed by atoms with Gasteiger partial charge in [0, 0.05) is 0 Å². The lowest BCUT2D eigenvalue weighted by Crippen LogP contribution is -2.01. The summed E-state index contributed by atoms with van der Waals surface area (Å²) in [5.74, 6) is 0.590. The van der Waals surface area contributed by atoms with Gasteiger partial charge >= 0.3 is 6.61 Å². The molecule has 0 spiro atoms. The van der Waals surface area contributed by atoms with Crippen LogP contribution in [0.1, 0.15) is 5.56 Å². The number of ether oxygens (including phenoxy) is 1. The van der Waals surface area contributed by atoms with Gasteiger partial charge in [0.1, 0.15) is 12.1 Å². The van der Waals surface area contributed by atoms with Gasteiger partial charge in [0.05, 0.1) is 23.5 Å². The number of hydrogen-bond acceptors (Lipinski definition) is 6. The van der Waals surface area contributed by atoms with Crippen LogP contribution in [0.3, 0.4) is 0 Å². The van der Waals surface area contributed by atoms with Crippen LogP contribution >= 0.6 is 0 Å². The first-order valence-corrected chi connectivity index (χ1v) is 8.29. The number of halogens is 2. The lowest BCUT2D eigenvalue weighted by Gasteiger charge is -2.04. The van der Waals surface area contributed by atoms with Crippen LogP contribution in [0.4, 0.5) is 14.6 Å². The fraction of sp³-hybridized carbons (Fsp3) is 0.0526. The Kier molecular flexibility index (Phi) is 4.87. The number of nitrogens with zero attached hydrogens (tertiary/aromatic N) is 5. The first-order valence-electron chi connectivity index (χ1n) is 8.29. The summed E-state index contributed by atoms with van der Waals surface area (Å²) in [4.78, 5) is 8.50. The molecule has 2 heterocycles. The minimum Gasteiger partial charge on any atom is -0.435 e. The van der Waals surface area contributed by atoms with E-state index in [0.29, 0.717) is 22.4 Å². The largest absolute Gasteiger partial charge is 0.435 e. The molecule has 0 radical (unpaired) electrons. The quantitative estimate of drug-likeness (QED) is 0.406. The lowest BCUT2D eigenvalue weighted by atomic mass is 10.2. The number of anilines is 1. The molecule has 9 heteroatoms. The number of hydrogen-bond donors (Lipinski definition) is 1. The molecule has 7 nitrogen and oxygen atoms in total. The highest BCUT2D eigenvalue weighted by atomic mass is 19.3. The highest BCUT2D eigenvalue weighted by Crippen LogP contribution is 2.21. The third kappa shape index (κ3) is 3.78. The highest BCUT2D eigenvalue weighted by molar-refractivity contribution is 5.88. The SMILES string of the molecule is FC(F)Oc1ccc(/C=N\Nc2ncnc3c2cnn3-c2ccccc2)cc1. The molecule has 140 valence electrons. The molecule has 0 aliphatic heterocycles. The van der Waals surface area contributed by atoms with Gasteiger partial charge in [0.2, 0.25) is 0 Å². The normalized spacial score (nSPS) is 11.4. The van der Waals surface area contributed by atoms with Crippen LogP contribution in [0.25, 0.3) is 16.7 Å². The van der Waals surface area contributed by atoms with Crippen LogP contribution in [0.2, 0.25) is 0 Å². The first-order chi connectivity index (χ1) is 13.7. The minimum absolute atomic E-state index is 0.0888. The van der Waals surface area contributed by atoms with Gasteiger partial charge in [0.25, 0.3) is 0 Å². The topological polar surface area (TPSA) is 77.2 Å². The number of fused-ring (bicyclic) bond motifs is 1. The molecule has 0 fully saturated rings. The Morgan fingerprint density at radius 1 is 1.04 bits per heavy atom. The highest BCUT2D eigenvalue weighted by Gasteiger charge is 2.10. The molecule has 0 unspecified atom stereocenters. The van der Waals surface area contributed by atoms with Gasteiger partial charge in [-0.15, -0.1) is 0 Å². The van der Waals surface area contributed by atoms with Gasteiger partial charge in [-0.2, -0.15) is 19.0 Å². The van der Waals surface area contributed by atoms with Crippen molar-refractivity contribution >= 4 is 23.1 Å². The van der Waals surface area contributed by atoms with Crippen LogP contribution in [-0.4, -0.2) is 32.6 Å². The second-order valence-electron chi connectivity index (χ2n) is 5.67. The van der Waals surface area contributed by atoms with Crippen molar-refractivity contribution in [1.82, 2.24) is 19.7 Å². The standard InChI is InChI=1S/C19H14F2N6O/c20-19(21)28-15-8-6-13(7-9-15)10-24-26-17-16-11-25-27(18(16)23-12-22-17)14-4-2-1-3-5-14/h1-12,19H,(H,22,23,26)/b24-10-. The number of para-hydroxylation sites is 1. The summed E-state index contributed by atoms with van der Waals surface area (Å²) in [7, 11) is 0. The Labute approximate surface area is 158 Å². The molecular weight excluding hydrogens is 366 g/mol. The summed E-state index contributed by atoms with van der Waals surface area (Å²) in [6.07, 6.45) is 4.64. The van der Waals surface area contributed by atoms with E-state index in [4.69, 9.17) is 0 Å².